The zero-order valence-corrected chi connectivity index (χ0v) is 7.15. The third kappa shape index (κ3) is 2.07. The minimum absolute atomic E-state index is 0. The molecule has 0 aromatic heterocycles. The molecule has 0 radical (unpaired) electrons. The molecule has 0 nitrogen and oxygen atoms in total. The van der Waals surface area contributed by atoms with Gasteiger partial charge in [0.1, 0.15) is 0 Å². The lowest BCUT2D eigenvalue weighted by molar-refractivity contribution is 1.23. The number of benzene rings is 1. The van der Waals surface area contributed by atoms with Crippen LogP contribution in [0.5, 0.6) is 0 Å². The molecule has 0 atom stereocenters. The van der Waals surface area contributed by atoms with Crippen molar-refractivity contribution in [2.24, 2.45) is 0 Å². The van der Waals surface area contributed by atoms with E-state index in [9.17, 15) is 0 Å². The summed E-state index contributed by atoms with van der Waals surface area (Å²) in [6, 6.07) is 4.45. The quantitative estimate of drug-likeness (QED) is 0.530. The summed E-state index contributed by atoms with van der Waals surface area (Å²) in [7, 11) is 0. The molecule has 1 aromatic carbocycles. The zero-order valence-electron chi connectivity index (χ0n) is 7.15. The van der Waals surface area contributed by atoms with Gasteiger partial charge in [0, 0.05) is 0 Å². The van der Waals surface area contributed by atoms with Crippen LogP contribution in [0.1, 0.15) is 29.7 Å². The molecule has 0 fully saturated rings. The van der Waals surface area contributed by atoms with Gasteiger partial charge in [-0.1, -0.05) is 25.1 Å². The smallest absolute Gasteiger partial charge is 0.0392 e. The van der Waals surface area contributed by atoms with Crippen LogP contribution in [0.4, 0.5) is 0 Å². The number of hydrogen-bond acceptors (Lipinski definition) is 0. The Hall–Kier alpha value is -0.780. The molecule has 0 amide bonds. The lowest BCUT2D eigenvalue weighted by atomic mass is 10.0. The lowest BCUT2D eigenvalue weighted by Gasteiger charge is -2.04. The highest BCUT2D eigenvalue weighted by molar-refractivity contribution is 5.35. The van der Waals surface area contributed by atoms with E-state index in [0.717, 1.165) is 0 Å². The first-order chi connectivity index (χ1) is 4.61. The second-order valence-corrected chi connectivity index (χ2v) is 3.02. The van der Waals surface area contributed by atoms with E-state index in [4.69, 9.17) is 0 Å². The largest absolute Gasteiger partial charge is 0.0776 e. The van der Waals surface area contributed by atoms with Gasteiger partial charge in [-0.3, -0.25) is 0 Å². The van der Waals surface area contributed by atoms with Gasteiger partial charge in [0.2, 0.25) is 0 Å². The maximum atomic E-state index is 2.22. The molecule has 0 saturated heterocycles. The standard InChI is InChI=1S/C10H14.CH4/c1-7-5-8(2)10(4)9(3)6-7;/h5-6H,1-4H3;1H4. The second-order valence-electron chi connectivity index (χ2n) is 3.02. The van der Waals surface area contributed by atoms with Gasteiger partial charge in [-0.05, 0) is 44.4 Å². The van der Waals surface area contributed by atoms with Crippen LogP contribution in [0.15, 0.2) is 12.1 Å². The average molecular weight is 150 g/mol. The molecule has 0 heteroatoms. The van der Waals surface area contributed by atoms with Crippen molar-refractivity contribution < 1.29 is 0 Å². The molecule has 0 heterocycles. The fraction of sp³-hybridized carbons (Fsp3) is 0.455. The Kier molecular flexibility index (Phi) is 3.31. The monoisotopic (exact) mass is 150 g/mol. The molecule has 0 spiro atoms. The molecular weight excluding hydrogens is 132 g/mol. The molecular formula is C11H18. The van der Waals surface area contributed by atoms with Gasteiger partial charge in [-0.25, -0.2) is 0 Å². The van der Waals surface area contributed by atoms with Crippen molar-refractivity contribution in [3.8, 4) is 0 Å². The van der Waals surface area contributed by atoms with Crippen LogP contribution in [0.25, 0.3) is 0 Å². The topological polar surface area (TPSA) is 0 Å². The van der Waals surface area contributed by atoms with Crippen molar-refractivity contribution in [2.45, 2.75) is 35.1 Å². The summed E-state index contributed by atoms with van der Waals surface area (Å²) in [6.45, 7) is 8.63. The van der Waals surface area contributed by atoms with E-state index in [-0.39, 0.29) is 7.43 Å². The summed E-state index contributed by atoms with van der Waals surface area (Å²) in [5.74, 6) is 0. The van der Waals surface area contributed by atoms with Crippen LogP contribution in [0.3, 0.4) is 0 Å². The Morgan fingerprint density at radius 2 is 1.18 bits per heavy atom. The van der Waals surface area contributed by atoms with Crippen molar-refractivity contribution >= 4 is 0 Å². The van der Waals surface area contributed by atoms with Gasteiger partial charge in [0.05, 0.1) is 0 Å². The molecule has 0 aliphatic heterocycles. The number of rotatable bonds is 0. The van der Waals surface area contributed by atoms with Crippen LogP contribution >= 0.6 is 0 Å². The van der Waals surface area contributed by atoms with E-state index in [2.05, 4.69) is 39.8 Å². The van der Waals surface area contributed by atoms with Crippen LogP contribution in [0.2, 0.25) is 0 Å². The van der Waals surface area contributed by atoms with Crippen LogP contribution in [0, 0.1) is 27.7 Å². The first kappa shape index (κ1) is 10.2. The van der Waals surface area contributed by atoms with E-state index < -0.39 is 0 Å². The maximum Gasteiger partial charge on any atom is -0.0392 e. The maximum absolute atomic E-state index is 2.22. The molecule has 11 heavy (non-hydrogen) atoms. The minimum Gasteiger partial charge on any atom is -0.0776 e. The number of aryl methyl sites for hydroxylation is 3. The molecule has 0 aliphatic carbocycles. The van der Waals surface area contributed by atoms with Gasteiger partial charge in [-0.2, -0.15) is 0 Å². The van der Waals surface area contributed by atoms with E-state index in [1.807, 2.05) is 0 Å². The molecule has 1 aromatic rings. The van der Waals surface area contributed by atoms with E-state index in [1.165, 1.54) is 22.3 Å². The summed E-state index contributed by atoms with van der Waals surface area (Å²) in [5.41, 5.74) is 5.58. The van der Waals surface area contributed by atoms with Gasteiger partial charge in [0.25, 0.3) is 0 Å². The highest BCUT2D eigenvalue weighted by atomic mass is 14.0. The highest BCUT2D eigenvalue weighted by Gasteiger charge is 1.95. The van der Waals surface area contributed by atoms with Gasteiger partial charge in [0.15, 0.2) is 0 Å². The van der Waals surface area contributed by atoms with Crippen molar-refractivity contribution in [1.29, 1.82) is 0 Å². The lowest BCUT2D eigenvalue weighted by Crippen LogP contribution is -1.86. The van der Waals surface area contributed by atoms with E-state index >= 15 is 0 Å². The Labute approximate surface area is 70.3 Å². The summed E-state index contributed by atoms with van der Waals surface area (Å²) in [6.07, 6.45) is 0. The van der Waals surface area contributed by atoms with E-state index in [0.29, 0.717) is 0 Å². The van der Waals surface area contributed by atoms with Crippen molar-refractivity contribution in [3.05, 3.63) is 34.4 Å². The molecule has 62 valence electrons. The summed E-state index contributed by atoms with van der Waals surface area (Å²) < 4.78 is 0. The van der Waals surface area contributed by atoms with Crippen molar-refractivity contribution in [3.63, 3.8) is 0 Å². The predicted octanol–water partition coefficient (Wildman–Crippen LogP) is 3.56. The van der Waals surface area contributed by atoms with Gasteiger partial charge < -0.3 is 0 Å². The average Bonchev–Trinajstić information content (AvgIpc) is 1.82. The predicted molar refractivity (Wildman–Crippen MR) is 52.1 cm³/mol. The molecule has 0 unspecified atom stereocenters. The summed E-state index contributed by atoms with van der Waals surface area (Å²) >= 11 is 0. The Bertz CT molecular complexity index is 223. The molecule has 0 aliphatic rings. The SMILES string of the molecule is C.Cc1cc(C)c(C)c(C)c1. The Morgan fingerprint density at radius 3 is 1.55 bits per heavy atom. The third-order valence-corrected chi connectivity index (χ3v) is 2.07. The number of hydrogen-bond donors (Lipinski definition) is 0. The molecule has 0 bridgehead atoms. The van der Waals surface area contributed by atoms with Crippen molar-refractivity contribution in [2.75, 3.05) is 0 Å². The van der Waals surface area contributed by atoms with Crippen LogP contribution < -0.4 is 0 Å². The first-order valence-corrected chi connectivity index (χ1v) is 3.65. The van der Waals surface area contributed by atoms with E-state index in [1.54, 1.807) is 0 Å². The summed E-state index contributed by atoms with van der Waals surface area (Å²) in [4.78, 5) is 0. The second kappa shape index (κ2) is 3.56. The van der Waals surface area contributed by atoms with Gasteiger partial charge >= 0.3 is 0 Å². The first-order valence-electron chi connectivity index (χ1n) is 3.65. The molecule has 1 rings (SSSR count). The van der Waals surface area contributed by atoms with Crippen molar-refractivity contribution in [1.82, 2.24) is 0 Å². The fourth-order valence-corrected chi connectivity index (χ4v) is 1.25. The zero-order chi connectivity index (χ0) is 7.72. The minimum atomic E-state index is 0. The van der Waals surface area contributed by atoms with Gasteiger partial charge in [-0.15, -0.1) is 0 Å². The Morgan fingerprint density at radius 1 is 0.818 bits per heavy atom. The normalized spacial score (nSPS) is 9.09. The molecule has 0 N–H and O–H groups in total. The van der Waals surface area contributed by atoms with Crippen LogP contribution in [-0.4, -0.2) is 0 Å². The Balaban J connectivity index is 0.000001000. The highest BCUT2D eigenvalue weighted by Crippen LogP contribution is 2.13. The third-order valence-electron chi connectivity index (χ3n) is 2.07. The molecule has 0 saturated carbocycles. The van der Waals surface area contributed by atoms with Crippen LogP contribution in [-0.2, 0) is 0 Å². The fourth-order valence-electron chi connectivity index (χ4n) is 1.25. The summed E-state index contributed by atoms with van der Waals surface area (Å²) in [5, 5.41) is 0.